The summed E-state index contributed by atoms with van der Waals surface area (Å²) in [5, 5.41) is 10.3. The van der Waals surface area contributed by atoms with Crippen LogP contribution in [0.25, 0.3) is 0 Å². The van der Waals surface area contributed by atoms with Crippen LogP contribution in [0.1, 0.15) is 46.6 Å². The molecule has 0 aliphatic carbocycles. The molecule has 0 bridgehead atoms. The lowest BCUT2D eigenvalue weighted by molar-refractivity contribution is -0.172. The topological polar surface area (TPSA) is 65.0 Å². The third-order valence-corrected chi connectivity index (χ3v) is 3.72. The quantitative estimate of drug-likeness (QED) is 0.582. The van der Waals surface area contributed by atoms with Gasteiger partial charge in [-0.15, -0.1) is 0 Å². The third kappa shape index (κ3) is 6.49. The molecule has 0 aliphatic rings. The molecule has 0 fully saturated rings. The first-order valence-corrected chi connectivity index (χ1v) is 8.18. The molecule has 1 aromatic rings. The minimum atomic E-state index is -0.975. The second-order valence-electron chi connectivity index (χ2n) is 7.43. The van der Waals surface area contributed by atoms with Crippen LogP contribution >= 0.6 is 0 Å². The average Bonchev–Trinajstić information content (AvgIpc) is 2.50. The zero-order valence-electron chi connectivity index (χ0n) is 15.6. The summed E-state index contributed by atoms with van der Waals surface area (Å²) in [5.74, 6) is 0.394. The zero-order chi connectivity index (χ0) is 18.4. The number of aliphatic hydroxyl groups excluding tert-OH is 1. The van der Waals surface area contributed by atoms with Gasteiger partial charge in [-0.25, -0.2) is 0 Å². The first-order valence-electron chi connectivity index (χ1n) is 8.18. The van der Waals surface area contributed by atoms with E-state index >= 15 is 0 Å². The standard InChI is InChI=1S/C19H30O5/c1-18(2,3)24-17(21)19(4,5)16(20)11-12-23-13-14-7-9-15(22-6)10-8-14/h7-10,16,20H,11-13H2,1-6H3. The third-order valence-electron chi connectivity index (χ3n) is 3.72. The zero-order valence-corrected chi connectivity index (χ0v) is 15.6. The molecule has 0 aromatic heterocycles. The molecule has 0 aliphatic heterocycles. The Hall–Kier alpha value is -1.59. The molecule has 0 saturated heterocycles. The number of hydrogen-bond donors (Lipinski definition) is 1. The number of hydrogen-bond acceptors (Lipinski definition) is 5. The van der Waals surface area contributed by atoms with Crippen LogP contribution < -0.4 is 4.74 Å². The van der Waals surface area contributed by atoms with E-state index in [0.717, 1.165) is 11.3 Å². The minimum absolute atomic E-state index is 0.361. The van der Waals surface area contributed by atoms with Gasteiger partial charge in [-0.3, -0.25) is 4.79 Å². The van der Waals surface area contributed by atoms with Gasteiger partial charge in [-0.1, -0.05) is 12.1 Å². The summed E-state index contributed by atoms with van der Waals surface area (Å²) in [5.41, 5.74) is -0.521. The van der Waals surface area contributed by atoms with Crippen LogP contribution in [0.15, 0.2) is 24.3 Å². The second kappa shape index (κ2) is 8.49. The van der Waals surface area contributed by atoms with Gasteiger partial charge in [0, 0.05) is 6.61 Å². The van der Waals surface area contributed by atoms with Crippen molar-refractivity contribution in [1.29, 1.82) is 0 Å². The number of ether oxygens (including phenoxy) is 3. The SMILES string of the molecule is COc1ccc(COCCC(O)C(C)(C)C(=O)OC(C)(C)C)cc1. The average molecular weight is 338 g/mol. The van der Waals surface area contributed by atoms with E-state index in [0.29, 0.717) is 19.6 Å². The fraction of sp³-hybridized carbons (Fsp3) is 0.632. The minimum Gasteiger partial charge on any atom is -0.497 e. The maximum absolute atomic E-state index is 12.2. The number of methoxy groups -OCH3 is 1. The van der Waals surface area contributed by atoms with E-state index in [9.17, 15) is 9.90 Å². The number of rotatable bonds is 8. The van der Waals surface area contributed by atoms with Gasteiger partial charge in [0.05, 0.1) is 25.2 Å². The molecule has 1 rings (SSSR count). The fourth-order valence-electron chi connectivity index (χ4n) is 2.01. The van der Waals surface area contributed by atoms with Crippen molar-refractivity contribution in [1.82, 2.24) is 0 Å². The van der Waals surface area contributed by atoms with Crippen molar-refractivity contribution in [3.05, 3.63) is 29.8 Å². The Morgan fingerprint density at radius 3 is 2.21 bits per heavy atom. The van der Waals surface area contributed by atoms with E-state index in [1.165, 1.54) is 0 Å². The largest absolute Gasteiger partial charge is 0.497 e. The van der Waals surface area contributed by atoms with E-state index < -0.39 is 23.1 Å². The molecular weight excluding hydrogens is 308 g/mol. The maximum atomic E-state index is 12.2. The molecule has 0 spiro atoms. The lowest BCUT2D eigenvalue weighted by atomic mass is 9.85. The summed E-state index contributed by atoms with van der Waals surface area (Å²) in [7, 11) is 1.62. The first kappa shape index (κ1) is 20.5. The summed E-state index contributed by atoms with van der Waals surface area (Å²) in [4.78, 5) is 12.2. The Kier molecular flexibility index (Phi) is 7.24. The van der Waals surface area contributed by atoms with Gasteiger partial charge in [0.1, 0.15) is 11.4 Å². The lowest BCUT2D eigenvalue weighted by Gasteiger charge is -2.32. The monoisotopic (exact) mass is 338 g/mol. The van der Waals surface area contributed by atoms with Crippen molar-refractivity contribution in [3.8, 4) is 5.75 Å². The van der Waals surface area contributed by atoms with E-state index in [4.69, 9.17) is 14.2 Å². The van der Waals surface area contributed by atoms with Crippen molar-refractivity contribution in [2.24, 2.45) is 5.41 Å². The molecular formula is C19H30O5. The molecule has 1 N–H and O–H groups in total. The summed E-state index contributed by atoms with van der Waals surface area (Å²) in [6, 6.07) is 7.61. The number of benzene rings is 1. The van der Waals surface area contributed by atoms with Crippen LogP contribution in [0, 0.1) is 5.41 Å². The Balaban J connectivity index is 2.41. The van der Waals surface area contributed by atoms with Gasteiger partial charge in [-0.2, -0.15) is 0 Å². The first-order chi connectivity index (χ1) is 11.1. The van der Waals surface area contributed by atoms with Gasteiger partial charge in [0.25, 0.3) is 0 Å². The number of esters is 1. The predicted molar refractivity (Wildman–Crippen MR) is 92.9 cm³/mol. The van der Waals surface area contributed by atoms with Gasteiger partial charge >= 0.3 is 5.97 Å². The lowest BCUT2D eigenvalue weighted by Crippen LogP contribution is -2.42. The molecule has 1 aromatic carbocycles. The van der Waals surface area contributed by atoms with Crippen molar-refractivity contribution >= 4 is 5.97 Å². The smallest absolute Gasteiger partial charge is 0.314 e. The molecule has 5 nitrogen and oxygen atoms in total. The van der Waals surface area contributed by atoms with Gasteiger partial charge in [-0.05, 0) is 58.7 Å². The highest BCUT2D eigenvalue weighted by molar-refractivity contribution is 5.77. The van der Waals surface area contributed by atoms with Crippen molar-refractivity contribution in [2.75, 3.05) is 13.7 Å². The summed E-state index contributed by atoms with van der Waals surface area (Å²) < 4.78 is 16.1. The van der Waals surface area contributed by atoms with E-state index in [-0.39, 0.29) is 0 Å². The summed E-state index contributed by atoms with van der Waals surface area (Å²) >= 11 is 0. The molecule has 0 radical (unpaired) electrons. The normalized spacial score (nSPS) is 13.5. The highest BCUT2D eigenvalue weighted by atomic mass is 16.6. The molecule has 1 unspecified atom stereocenters. The summed E-state index contributed by atoms with van der Waals surface area (Å²) in [6.07, 6.45) is -0.467. The molecule has 5 heteroatoms. The van der Waals surface area contributed by atoms with Crippen molar-refractivity contribution in [2.45, 2.75) is 59.4 Å². The number of carbonyl (C=O) groups excluding carboxylic acids is 1. The molecule has 0 amide bonds. The van der Waals surface area contributed by atoms with Crippen LogP contribution in [-0.4, -0.2) is 36.5 Å². The molecule has 0 heterocycles. The molecule has 24 heavy (non-hydrogen) atoms. The van der Waals surface area contributed by atoms with Crippen LogP contribution in [0.4, 0.5) is 0 Å². The molecule has 0 saturated carbocycles. The van der Waals surface area contributed by atoms with Gasteiger partial charge in [0.15, 0.2) is 0 Å². The van der Waals surface area contributed by atoms with E-state index in [1.54, 1.807) is 21.0 Å². The van der Waals surface area contributed by atoms with Crippen LogP contribution in [0.2, 0.25) is 0 Å². The van der Waals surface area contributed by atoms with Gasteiger partial charge in [0.2, 0.25) is 0 Å². The summed E-state index contributed by atoms with van der Waals surface area (Å²) in [6.45, 7) is 9.62. The Bertz CT molecular complexity index is 514. The molecule has 136 valence electrons. The Morgan fingerprint density at radius 2 is 1.71 bits per heavy atom. The second-order valence-corrected chi connectivity index (χ2v) is 7.43. The van der Waals surface area contributed by atoms with Crippen LogP contribution in [0.5, 0.6) is 5.75 Å². The number of aliphatic hydroxyl groups is 1. The van der Waals surface area contributed by atoms with Gasteiger partial charge < -0.3 is 19.3 Å². The van der Waals surface area contributed by atoms with Crippen molar-refractivity contribution < 1.29 is 24.1 Å². The van der Waals surface area contributed by atoms with E-state index in [1.807, 2.05) is 45.0 Å². The fourth-order valence-corrected chi connectivity index (χ4v) is 2.01. The number of carbonyl (C=O) groups is 1. The predicted octanol–water partition coefficient (Wildman–Crippen LogP) is 3.33. The Morgan fingerprint density at radius 1 is 1.12 bits per heavy atom. The van der Waals surface area contributed by atoms with Crippen LogP contribution in [0.3, 0.4) is 0 Å². The highest BCUT2D eigenvalue weighted by Crippen LogP contribution is 2.27. The van der Waals surface area contributed by atoms with Crippen LogP contribution in [-0.2, 0) is 20.9 Å². The maximum Gasteiger partial charge on any atom is 0.314 e. The molecule has 1 atom stereocenters. The Labute approximate surface area is 144 Å². The highest BCUT2D eigenvalue weighted by Gasteiger charge is 2.38. The van der Waals surface area contributed by atoms with E-state index in [2.05, 4.69) is 0 Å². The van der Waals surface area contributed by atoms with Crippen molar-refractivity contribution in [3.63, 3.8) is 0 Å².